The van der Waals surface area contributed by atoms with Gasteiger partial charge in [-0.1, -0.05) is 72.8 Å². The molecule has 1 heterocycles. The molecule has 24 heteroatoms. The van der Waals surface area contributed by atoms with E-state index in [1.807, 2.05) is 24.5 Å². The molecule has 0 N–H and O–H groups in total. The van der Waals surface area contributed by atoms with Gasteiger partial charge in [-0.15, -0.1) is 21.9 Å². The molecule has 0 saturated heterocycles. The lowest BCUT2D eigenvalue weighted by atomic mass is 9.12. The lowest BCUT2D eigenvalue weighted by Gasteiger charge is -2.44. The number of rotatable bonds is 8. The summed E-state index contributed by atoms with van der Waals surface area (Å²) in [4.78, 5) is 4.44. The highest BCUT2D eigenvalue weighted by Gasteiger charge is 2.52. The summed E-state index contributed by atoms with van der Waals surface area (Å²) in [5, 5.41) is 7.37. The highest BCUT2D eigenvalue weighted by atomic mass is 19.2. The van der Waals surface area contributed by atoms with E-state index in [1.54, 1.807) is 6.20 Å². The Hall–Kier alpha value is -8.44. The predicted octanol–water partition coefficient (Wildman–Crippen LogP) is 12.0. The van der Waals surface area contributed by atoms with Crippen LogP contribution in [0, 0.1) is 116 Å². The second-order valence-electron chi connectivity index (χ2n) is 16.4. The van der Waals surface area contributed by atoms with Gasteiger partial charge < -0.3 is 4.74 Å². The molecule has 0 amide bonds. The molecule has 0 unspecified atom stereocenters. The van der Waals surface area contributed by atoms with Crippen LogP contribution < -0.4 is 31.2 Å². The Labute approximate surface area is 405 Å². The Morgan fingerprint density at radius 2 is 0.707 bits per heavy atom. The predicted molar refractivity (Wildman–Crippen MR) is 229 cm³/mol. The van der Waals surface area contributed by atoms with Crippen LogP contribution >= 0.6 is 0 Å². The van der Waals surface area contributed by atoms with Crippen LogP contribution in [0.15, 0.2) is 104 Å². The molecule has 3 nitrogen and oxygen atoms in total. The van der Waals surface area contributed by atoms with Gasteiger partial charge in [0.05, 0.1) is 6.20 Å². The zero-order valence-electron chi connectivity index (χ0n) is 36.5. The maximum absolute atomic E-state index is 15.4. The van der Waals surface area contributed by atoms with Crippen molar-refractivity contribution in [3.05, 3.63) is 225 Å². The van der Waals surface area contributed by atoms with Crippen molar-refractivity contribution in [3.63, 3.8) is 0 Å². The van der Waals surface area contributed by atoms with Crippen LogP contribution in [0.3, 0.4) is 0 Å². The van der Waals surface area contributed by atoms with Crippen LogP contribution in [0.1, 0.15) is 5.56 Å². The molecular weight excluding hydrogens is 1050 g/mol. The van der Waals surface area contributed by atoms with Gasteiger partial charge in [0, 0.05) is 16.3 Å². The van der Waals surface area contributed by atoms with Gasteiger partial charge in [0.15, 0.2) is 82.5 Å². The average Bonchev–Trinajstić information content (AvgIpc) is 3.46. The first-order valence-corrected chi connectivity index (χ1v) is 21.0. The third-order valence-electron chi connectivity index (χ3n) is 12.4. The molecule has 10 rings (SSSR count). The van der Waals surface area contributed by atoms with E-state index < -0.39 is 144 Å². The van der Waals surface area contributed by atoms with Gasteiger partial charge in [0.25, 0.3) is 5.88 Å². The quantitative estimate of drug-likeness (QED) is 0.0378. The fourth-order valence-electron chi connectivity index (χ4n) is 9.14. The lowest BCUT2D eigenvalue weighted by Crippen LogP contribution is -2.81. The first-order valence-electron chi connectivity index (χ1n) is 21.0. The minimum Gasteiger partial charge on any atom is -0.434 e. The summed E-state index contributed by atoms with van der Waals surface area (Å²) in [7, 11) is 0. The van der Waals surface area contributed by atoms with E-state index in [0.717, 1.165) is 17.7 Å². The zero-order chi connectivity index (χ0) is 54.3. The number of nitrogens with zero attached hydrogens (tertiary/aromatic N) is 2. The lowest BCUT2D eigenvalue weighted by molar-refractivity contribution is -0.689. The van der Waals surface area contributed by atoms with Crippen LogP contribution in [0.25, 0.3) is 32.3 Å². The van der Waals surface area contributed by atoms with Crippen molar-refractivity contribution in [2.45, 2.75) is 6.54 Å². The molecule has 9 aromatic carbocycles. The monoisotopic (exact) mass is 1070 g/mol. The van der Waals surface area contributed by atoms with Crippen LogP contribution in [0.4, 0.5) is 87.8 Å². The number of ether oxygens (including phenoxy) is 1. The number of benzene rings is 9. The molecule has 0 fully saturated rings. The Bertz CT molecular complexity index is 3580. The summed E-state index contributed by atoms with van der Waals surface area (Å²) in [5.74, 6) is -70.0. The first kappa shape index (κ1) is 51.5. The highest BCUT2D eigenvalue weighted by Crippen LogP contribution is 2.40. The van der Waals surface area contributed by atoms with E-state index in [2.05, 4.69) is 82.3 Å². The molecular formula is C51H19BF20N2O. The van der Waals surface area contributed by atoms with Gasteiger partial charge in [-0.3, -0.25) is 0 Å². The molecule has 0 radical (unpaired) electrons. The minimum absolute atomic E-state index is 0.587. The second-order valence-corrected chi connectivity index (χ2v) is 16.4. The Balaban J connectivity index is 0.000000197. The fraction of sp³-hybridized carbons (Fsp3) is 0.0196. The van der Waals surface area contributed by atoms with E-state index in [1.165, 1.54) is 32.5 Å². The molecule has 0 atom stereocenters. The zero-order valence-corrected chi connectivity index (χ0v) is 36.5. The molecule has 1 aromatic heterocycles. The van der Waals surface area contributed by atoms with Gasteiger partial charge in [0.1, 0.15) is 58.4 Å². The van der Waals surface area contributed by atoms with Crippen molar-refractivity contribution < 1.29 is 97.1 Å². The van der Waals surface area contributed by atoms with Gasteiger partial charge in [-0.2, -0.15) is 4.57 Å². The van der Waals surface area contributed by atoms with Crippen molar-refractivity contribution >= 4 is 60.3 Å². The van der Waals surface area contributed by atoms with Crippen LogP contribution in [0.5, 0.6) is 11.6 Å². The molecule has 0 saturated carbocycles. The average molecular weight is 1070 g/mol. The van der Waals surface area contributed by atoms with Gasteiger partial charge in [-0.05, 0) is 33.7 Å². The van der Waals surface area contributed by atoms with Gasteiger partial charge >= 0.3 is 0 Å². The largest absolute Gasteiger partial charge is 0.434 e. The maximum atomic E-state index is 15.4. The third kappa shape index (κ3) is 7.95. The molecule has 10 aromatic rings. The van der Waals surface area contributed by atoms with E-state index in [-0.39, 0.29) is 0 Å². The van der Waals surface area contributed by atoms with E-state index in [0.29, 0.717) is 5.88 Å². The molecule has 0 spiro atoms. The van der Waals surface area contributed by atoms with Crippen molar-refractivity contribution in [1.82, 2.24) is 4.98 Å². The third-order valence-corrected chi connectivity index (χ3v) is 12.4. The van der Waals surface area contributed by atoms with E-state index in [9.17, 15) is 52.7 Å². The van der Waals surface area contributed by atoms with Crippen molar-refractivity contribution in [3.8, 4) is 11.6 Å². The van der Waals surface area contributed by atoms with E-state index >= 15 is 35.1 Å². The summed E-state index contributed by atoms with van der Waals surface area (Å²) >= 11 is 0. The number of hydrogen-bond acceptors (Lipinski definition) is 2. The van der Waals surface area contributed by atoms with Crippen LogP contribution in [0.2, 0.25) is 0 Å². The number of aromatic nitrogens is 2. The Kier molecular flexibility index (Phi) is 13.1. The smallest absolute Gasteiger partial charge is 0.285 e. The number of halogens is 20. The molecule has 0 bridgehead atoms. The van der Waals surface area contributed by atoms with Crippen molar-refractivity contribution in [1.29, 1.82) is 0 Å². The molecule has 0 aliphatic rings. The summed E-state index contributed by atoms with van der Waals surface area (Å²) in [6.07, 6.45) is -1.52. The minimum atomic E-state index is -7.22. The summed E-state index contributed by atoms with van der Waals surface area (Å²) < 4.78 is 302. The van der Waals surface area contributed by atoms with Crippen molar-refractivity contribution in [2.24, 2.45) is 0 Å². The normalized spacial score (nSPS) is 11.8. The van der Waals surface area contributed by atoms with Gasteiger partial charge in [-0.25, -0.2) is 92.8 Å². The number of hydrogen-bond donors (Lipinski definition) is 0. The molecule has 0 aliphatic heterocycles. The standard InChI is InChI=1S/C27H19N2O.C24BF20/c1-2-5-19(6-3-1)17-29-16-15-28-25(18-29)30-24-14-12-22-10-9-20-7-4-8-21-11-13-23(24)27(22)26(20)21;26-5-1(6(27)14(35)21(42)13(5)34)25(2-7(28)15(36)22(43)16(37)8(2)29,3-9(30)17(38)23(44)18(39)10(3)31)4-11(32)19(40)24(45)20(41)12(4)33/h1-16,18H,17H2;/q+1;-1. The second kappa shape index (κ2) is 19.1. The Morgan fingerprint density at radius 1 is 0.360 bits per heavy atom. The van der Waals surface area contributed by atoms with Crippen molar-refractivity contribution in [2.75, 3.05) is 0 Å². The first-order chi connectivity index (χ1) is 35.6. The summed E-state index contributed by atoms with van der Waals surface area (Å²) in [5.41, 5.74) is -13.1. The maximum Gasteiger partial charge on any atom is 0.285 e. The molecule has 382 valence electrons. The fourth-order valence-corrected chi connectivity index (χ4v) is 9.14. The Morgan fingerprint density at radius 3 is 1.11 bits per heavy atom. The molecule has 0 aliphatic carbocycles. The summed E-state index contributed by atoms with van der Waals surface area (Å²) in [6, 6.07) is 29.7. The van der Waals surface area contributed by atoms with Gasteiger partial charge in [0.2, 0.25) is 6.20 Å². The van der Waals surface area contributed by atoms with Crippen LogP contribution in [-0.4, -0.2) is 11.1 Å². The van der Waals surface area contributed by atoms with Crippen LogP contribution in [-0.2, 0) is 6.54 Å². The topological polar surface area (TPSA) is 26.0 Å². The SMILES string of the molecule is Fc1c(F)c(F)c([B-](c2c(F)c(F)c(F)c(F)c2F)(c2c(F)c(F)c(F)c(F)c2F)c2c(F)c(F)c(F)c(F)c2F)c(F)c1F.c1ccc(C[n+]2ccnc(Oc3ccc4ccc5cccc6ccc3c4c56)c2)cc1. The van der Waals surface area contributed by atoms with E-state index in [4.69, 9.17) is 4.74 Å². The molecule has 75 heavy (non-hydrogen) atoms. The summed E-state index contributed by atoms with van der Waals surface area (Å²) in [6.45, 7) is 0.776. The highest BCUT2D eigenvalue weighted by molar-refractivity contribution is 7.20.